The zero-order chi connectivity index (χ0) is 9.84. The quantitative estimate of drug-likeness (QED) is 0.631. The molecule has 0 heterocycles. The summed E-state index contributed by atoms with van der Waals surface area (Å²) in [7, 11) is 3.14. The van der Waals surface area contributed by atoms with Crippen molar-refractivity contribution in [2.24, 2.45) is 5.84 Å². The zero-order valence-electron chi connectivity index (χ0n) is 7.43. The summed E-state index contributed by atoms with van der Waals surface area (Å²) in [6, 6.07) is 3.61. The van der Waals surface area contributed by atoms with Crippen LogP contribution >= 0.6 is 15.9 Å². The van der Waals surface area contributed by atoms with Gasteiger partial charge >= 0.3 is 0 Å². The van der Waals surface area contributed by atoms with Gasteiger partial charge in [-0.1, -0.05) is 15.9 Å². The van der Waals surface area contributed by atoms with Crippen LogP contribution in [0.4, 0.5) is 5.69 Å². The van der Waals surface area contributed by atoms with E-state index < -0.39 is 0 Å². The molecule has 13 heavy (non-hydrogen) atoms. The summed E-state index contributed by atoms with van der Waals surface area (Å²) < 4.78 is 11.1. The van der Waals surface area contributed by atoms with Crippen molar-refractivity contribution in [3.8, 4) is 11.5 Å². The Balaban J connectivity index is 3.25. The molecule has 4 nitrogen and oxygen atoms in total. The van der Waals surface area contributed by atoms with Gasteiger partial charge in [0.1, 0.15) is 0 Å². The van der Waals surface area contributed by atoms with Crippen molar-refractivity contribution in [1.29, 1.82) is 0 Å². The summed E-state index contributed by atoms with van der Waals surface area (Å²) in [5.41, 5.74) is 3.20. The Morgan fingerprint density at radius 3 is 2.46 bits per heavy atom. The van der Waals surface area contributed by atoms with Crippen molar-refractivity contribution in [3.05, 3.63) is 16.6 Å². The molecule has 0 saturated heterocycles. The molecule has 3 N–H and O–H groups in total. The Bertz CT molecular complexity index is 279. The van der Waals surface area contributed by atoms with E-state index >= 15 is 0 Å². The molecule has 5 heteroatoms. The first-order valence-corrected chi connectivity index (χ1v) is 4.40. The lowest BCUT2D eigenvalue weighted by atomic mass is 10.3. The van der Waals surface area contributed by atoms with Crippen LogP contribution in [0.2, 0.25) is 0 Å². The van der Waals surface area contributed by atoms with Gasteiger partial charge in [0.2, 0.25) is 0 Å². The molecule has 0 saturated carbocycles. The number of hydrazine groups is 1. The van der Waals surface area contributed by atoms with Gasteiger partial charge in [-0.3, -0.25) is 5.84 Å². The fourth-order valence-corrected chi connectivity index (χ4v) is 1.47. The van der Waals surface area contributed by atoms with E-state index in [9.17, 15) is 0 Å². The molecule has 0 unspecified atom stereocenters. The van der Waals surface area contributed by atoms with Crippen LogP contribution in [0.15, 0.2) is 16.6 Å². The number of rotatable bonds is 3. The van der Waals surface area contributed by atoms with Gasteiger partial charge in [0.25, 0.3) is 0 Å². The summed E-state index contributed by atoms with van der Waals surface area (Å²) in [6.45, 7) is 0. The van der Waals surface area contributed by atoms with Gasteiger partial charge in [-0.2, -0.15) is 0 Å². The third-order valence-corrected chi connectivity index (χ3v) is 2.06. The van der Waals surface area contributed by atoms with Crippen molar-refractivity contribution in [1.82, 2.24) is 0 Å². The van der Waals surface area contributed by atoms with E-state index in [1.165, 1.54) is 0 Å². The summed E-state index contributed by atoms with van der Waals surface area (Å²) in [5, 5.41) is 0. The molecular formula is C8H11BrN2O2. The molecule has 0 spiro atoms. The van der Waals surface area contributed by atoms with E-state index in [-0.39, 0.29) is 0 Å². The second-order valence-corrected chi connectivity index (χ2v) is 3.25. The van der Waals surface area contributed by atoms with E-state index in [0.717, 1.165) is 4.47 Å². The zero-order valence-corrected chi connectivity index (χ0v) is 9.01. The van der Waals surface area contributed by atoms with Crippen LogP contribution in [0.3, 0.4) is 0 Å². The van der Waals surface area contributed by atoms with Gasteiger partial charge in [-0.25, -0.2) is 0 Å². The first-order valence-electron chi connectivity index (χ1n) is 3.61. The van der Waals surface area contributed by atoms with E-state index in [1.54, 1.807) is 26.4 Å². The number of hydrogen-bond acceptors (Lipinski definition) is 4. The Labute approximate surface area is 85.1 Å². The first kappa shape index (κ1) is 10.1. The lowest BCUT2D eigenvalue weighted by Crippen LogP contribution is -2.08. The van der Waals surface area contributed by atoms with Crippen LogP contribution in [0.5, 0.6) is 11.5 Å². The number of nitrogens with two attached hydrogens (primary N) is 1. The Hall–Kier alpha value is -0.940. The predicted octanol–water partition coefficient (Wildman–Crippen LogP) is 1.75. The number of ether oxygens (including phenoxy) is 2. The summed E-state index contributed by atoms with van der Waals surface area (Å²) >= 11 is 3.33. The summed E-state index contributed by atoms with van der Waals surface area (Å²) in [4.78, 5) is 0. The van der Waals surface area contributed by atoms with Crippen LogP contribution in [0, 0.1) is 0 Å². The maximum Gasteiger partial charge on any atom is 0.185 e. The number of nitrogen functional groups attached to an aromatic ring is 1. The highest BCUT2D eigenvalue weighted by Crippen LogP contribution is 2.37. The number of nitrogens with one attached hydrogen (secondary N) is 1. The van der Waals surface area contributed by atoms with Crippen molar-refractivity contribution < 1.29 is 9.47 Å². The van der Waals surface area contributed by atoms with Gasteiger partial charge in [0.15, 0.2) is 11.5 Å². The van der Waals surface area contributed by atoms with Crippen LogP contribution < -0.4 is 20.7 Å². The average molecular weight is 247 g/mol. The largest absolute Gasteiger partial charge is 0.493 e. The van der Waals surface area contributed by atoms with Gasteiger partial charge in [0, 0.05) is 4.47 Å². The van der Waals surface area contributed by atoms with Crippen molar-refractivity contribution in [2.45, 2.75) is 0 Å². The highest BCUT2D eigenvalue weighted by molar-refractivity contribution is 9.10. The minimum absolute atomic E-state index is 0.591. The molecule has 1 aromatic rings. The molecule has 0 amide bonds. The molecule has 0 aromatic heterocycles. The van der Waals surface area contributed by atoms with E-state index in [1.807, 2.05) is 0 Å². The highest BCUT2D eigenvalue weighted by Gasteiger charge is 2.09. The first-order chi connectivity index (χ1) is 6.22. The molecule has 1 aromatic carbocycles. The van der Waals surface area contributed by atoms with Crippen LogP contribution in [-0.4, -0.2) is 14.2 Å². The summed E-state index contributed by atoms with van der Waals surface area (Å²) in [5.74, 6) is 6.53. The fraction of sp³-hybridized carbons (Fsp3) is 0.250. The van der Waals surface area contributed by atoms with Crippen molar-refractivity contribution >= 4 is 21.6 Å². The predicted molar refractivity (Wildman–Crippen MR) is 55.1 cm³/mol. The molecule has 1 rings (SSSR count). The Kier molecular flexibility index (Phi) is 3.39. The van der Waals surface area contributed by atoms with E-state index in [0.29, 0.717) is 17.2 Å². The van der Waals surface area contributed by atoms with Crippen molar-refractivity contribution in [3.63, 3.8) is 0 Å². The second-order valence-electron chi connectivity index (χ2n) is 2.33. The maximum atomic E-state index is 5.31. The Morgan fingerprint density at radius 1 is 1.31 bits per heavy atom. The van der Waals surface area contributed by atoms with Gasteiger partial charge in [0.05, 0.1) is 19.9 Å². The van der Waals surface area contributed by atoms with E-state index in [4.69, 9.17) is 15.3 Å². The monoisotopic (exact) mass is 246 g/mol. The third kappa shape index (κ3) is 2.05. The number of anilines is 1. The van der Waals surface area contributed by atoms with E-state index in [2.05, 4.69) is 21.4 Å². The van der Waals surface area contributed by atoms with Crippen LogP contribution in [0.25, 0.3) is 0 Å². The molecule has 0 aliphatic rings. The van der Waals surface area contributed by atoms with Gasteiger partial charge < -0.3 is 14.9 Å². The molecule has 0 bridgehead atoms. The molecule has 0 atom stereocenters. The molecule has 0 aliphatic heterocycles. The minimum atomic E-state index is 0.591. The molecule has 72 valence electrons. The lowest BCUT2D eigenvalue weighted by Gasteiger charge is -2.12. The summed E-state index contributed by atoms with van der Waals surface area (Å²) in [6.07, 6.45) is 0. The lowest BCUT2D eigenvalue weighted by molar-refractivity contribution is 0.356. The molecule has 0 radical (unpaired) electrons. The third-order valence-electron chi connectivity index (χ3n) is 1.60. The van der Waals surface area contributed by atoms with Gasteiger partial charge in [-0.05, 0) is 12.1 Å². The molecular weight excluding hydrogens is 236 g/mol. The van der Waals surface area contributed by atoms with Crippen molar-refractivity contribution in [2.75, 3.05) is 19.6 Å². The van der Waals surface area contributed by atoms with Gasteiger partial charge in [-0.15, -0.1) is 0 Å². The Morgan fingerprint density at radius 2 is 2.00 bits per heavy atom. The minimum Gasteiger partial charge on any atom is -0.493 e. The van der Waals surface area contributed by atoms with Crippen LogP contribution in [0.1, 0.15) is 0 Å². The number of methoxy groups -OCH3 is 2. The highest BCUT2D eigenvalue weighted by atomic mass is 79.9. The topological polar surface area (TPSA) is 56.5 Å². The average Bonchev–Trinajstić information content (AvgIpc) is 2.16. The number of hydrogen-bond donors (Lipinski definition) is 2. The number of halogens is 1. The molecule has 0 aliphatic carbocycles. The SMILES string of the molecule is COc1cc(Br)cc(NN)c1OC. The normalized spacial score (nSPS) is 9.54. The standard InChI is InChI=1S/C8H11BrN2O2/c1-12-7-4-5(9)3-6(11-10)8(7)13-2/h3-4,11H,10H2,1-2H3. The smallest absolute Gasteiger partial charge is 0.185 e. The second kappa shape index (κ2) is 4.34. The maximum absolute atomic E-state index is 5.31. The molecule has 0 fully saturated rings. The van der Waals surface area contributed by atoms with Crippen LogP contribution in [-0.2, 0) is 0 Å². The number of benzene rings is 1. The fourth-order valence-electron chi connectivity index (χ4n) is 1.04.